The number of aliphatic hydroxyl groups excluding tert-OH is 2. The Hall–Kier alpha value is -0.240. The summed E-state index contributed by atoms with van der Waals surface area (Å²) in [6.07, 6.45) is 2.98. The third kappa shape index (κ3) is 9.39. The molecule has 1 saturated heterocycles. The van der Waals surface area contributed by atoms with E-state index in [1.807, 2.05) is 0 Å². The minimum absolute atomic E-state index is 0.214. The summed E-state index contributed by atoms with van der Waals surface area (Å²) >= 11 is 0. The number of hydrogen-bond donors (Lipinski definition) is 4. The van der Waals surface area contributed by atoms with Crippen LogP contribution in [0.5, 0.6) is 0 Å². The van der Waals surface area contributed by atoms with E-state index in [2.05, 4.69) is 27.5 Å². The first-order valence-corrected chi connectivity index (χ1v) is 8.33. The molecule has 6 nitrogen and oxygen atoms in total. The van der Waals surface area contributed by atoms with Gasteiger partial charge in [0.15, 0.2) is 0 Å². The zero-order valence-electron chi connectivity index (χ0n) is 13.6. The van der Waals surface area contributed by atoms with Crippen LogP contribution < -0.4 is 10.6 Å². The fourth-order valence-electron chi connectivity index (χ4n) is 2.71. The number of aliphatic hydroxyl groups is 2. The van der Waals surface area contributed by atoms with E-state index in [-0.39, 0.29) is 13.2 Å². The Morgan fingerprint density at radius 3 is 2.62 bits per heavy atom. The van der Waals surface area contributed by atoms with Crippen molar-refractivity contribution in [3.8, 4) is 0 Å². The molecular formula is C15H34N4O2. The average molecular weight is 302 g/mol. The number of likely N-dealkylation sites (N-methyl/N-ethyl adjacent to an activating group) is 1. The molecule has 1 aliphatic heterocycles. The minimum Gasteiger partial charge on any atom is -0.396 e. The Morgan fingerprint density at radius 2 is 1.86 bits per heavy atom. The molecule has 0 aromatic heterocycles. The van der Waals surface area contributed by atoms with Crippen molar-refractivity contribution in [2.45, 2.75) is 25.3 Å². The van der Waals surface area contributed by atoms with E-state index in [9.17, 15) is 10.2 Å². The lowest BCUT2D eigenvalue weighted by atomic mass is 10.1. The van der Waals surface area contributed by atoms with Gasteiger partial charge in [0.25, 0.3) is 0 Å². The van der Waals surface area contributed by atoms with Crippen molar-refractivity contribution in [3.63, 3.8) is 0 Å². The smallest absolute Gasteiger partial charge is 0.0558 e. The molecule has 21 heavy (non-hydrogen) atoms. The van der Waals surface area contributed by atoms with Gasteiger partial charge in [-0.2, -0.15) is 0 Å². The molecule has 0 radical (unpaired) electrons. The molecule has 1 fully saturated rings. The molecule has 1 heterocycles. The summed E-state index contributed by atoms with van der Waals surface area (Å²) in [4.78, 5) is 4.69. The van der Waals surface area contributed by atoms with E-state index >= 15 is 0 Å². The Bertz CT molecular complexity index is 244. The predicted octanol–water partition coefficient (Wildman–Crippen LogP) is -1.06. The third-order valence-electron chi connectivity index (χ3n) is 4.11. The van der Waals surface area contributed by atoms with E-state index < -0.39 is 0 Å². The van der Waals surface area contributed by atoms with Gasteiger partial charge in [0.05, 0.1) is 6.61 Å². The molecule has 4 N–H and O–H groups in total. The first-order valence-electron chi connectivity index (χ1n) is 8.33. The molecule has 0 aromatic carbocycles. The fourth-order valence-corrected chi connectivity index (χ4v) is 2.71. The van der Waals surface area contributed by atoms with E-state index in [1.54, 1.807) is 0 Å². The summed E-state index contributed by atoms with van der Waals surface area (Å²) in [5.74, 6) is 0. The maximum atomic E-state index is 9.21. The summed E-state index contributed by atoms with van der Waals surface area (Å²) in [7, 11) is 2.17. The second kappa shape index (κ2) is 12.3. The van der Waals surface area contributed by atoms with Crippen LogP contribution in [-0.2, 0) is 0 Å². The Labute approximate surface area is 129 Å². The summed E-state index contributed by atoms with van der Waals surface area (Å²) in [6, 6.07) is 0.360. The quantitative estimate of drug-likeness (QED) is 0.531. The van der Waals surface area contributed by atoms with Crippen molar-refractivity contribution in [1.82, 2.24) is 20.4 Å². The van der Waals surface area contributed by atoms with Crippen molar-refractivity contribution in [2.24, 2.45) is 0 Å². The van der Waals surface area contributed by atoms with Gasteiger partial charge in [0.2, 0.25) is 0 Å². The van der Waals surface area contributed by atoms with Crippen LogP contribution in [0.15, 0.2) is 0 Å². The van der Waals surface area contributed by atoms with Gasteiger partial charge < -0.3 is 25.7 Å². The van der Waals surface area contributed by atoms with Crippen LogP contribution in [0, 0.1) is 0 Å². The highest BCUT2D eigenvalue weighted by molar-refractivity contribution is 4.71. The molecule has 1 atom stereocenters. The molecule has 126 valence electrons. The molecule has 0 aromatic rings. The van der Waals surface area contributed by atoms with Crippen LogP contribution in [0.3, 0.4) is 0 Å². The maximum Gasteiger partial charge on any atom is 0.0558 e. The van der Waals surface area contributed by atoms with Crippen LogP contribution in [0.4, 0.5) is 0 Å². The topological polar surface area (TPSA) is 71.0 Å². The largest absolute Gasteiger partial charge is 0.396 e. The van der Waals surface area contributed by atoms with E-state index in [0.29, 0.717) is 6.04 Å². The second-order valence-electron chi connectivity index (χ2n) is 5.92. The second-order valence-corrected chi connectivity index (χ2v) is 5.92. The molecule has 1 unspecified atom stereocenters. The highest BCUT2D eigenvalue weighted by Gasteiger charge is 2.12. The molecule has 0 spiro atoms. The van der Waals surface area contributed by atoms with Crippen LogP contribution in [-0.4, -0.2) is 98.7 Å². The van der Waals surface area contributed by atoms with E-state index in [1.165, 1.54) is 0 Å². The predicted molar refractivity (Wildman–Crippen MR) is 86.6 cm³/mol. The Morgan fingerprint density at radius 1 is 1.00 bits per heavy atom. The van der Waals surface area contributed by atoms with Crippen molar-refractivity contribution in [2.75, 3.05) is 72.6 Å². The lowest BCUT2D eigenvalue weighted by Crippen LogP contribution is -2.42. The standard InChI is InChI=1S/C15H34N4O2/c1-18-8-2-5-16-6-7-17-15(4-13-20)3-9-19(11-10-18)12-14-21/h15-17,20-21H,2-14H2,1H3. The number of nitrogens with zero attached hydrogens (tertiary/aromatic N) is 2. The van der Waals surface area contributed by atoms with Gasteiger partial charge in [-0.1, -0.05) is 0 Å². The van der Waals surface area contributed by atoms with Gasteiger partial charge in [0, 0.05) is 45.4 Å². The Balaban J connectivity index is 2.47. The van der Waals surface area contributed by atoms with Crippen LogP contribution >= 0.6 is 0 Å². The molecule has 1 rings (SSSR count). The van der Waals surface area contributed by atoms with Gasteiger partial charge in [0.1, 0.15) is 0 Å². The molecule has 0 bridgehead atoms. The molecule has 0 aliphatic carbocycles. The van der Waals surface area contributed by atoms with Crippen molar-refractivity contribution in [1.29, 1.82) is 0 Å². The molecule has 1 aliphatic rings. The van der Waals surface area contributed by atoms with Crippen molar-refractivity contribution >= 4 is 0 Å². The fraction of sp³-hybridized carbons (Fsp3) is 1.00. The first-order chi connectivity index (χ1) is 10.3. The number of β-amino-alcohol motifs (C(OH)–C–C–N with tert-alkyl or cyclic N) is 1. The monoisotopic (exact) mass is 302 g/mol. The molecule has 0 saturated carbocycles. The molecular weight excluding hydrogens is 268 g/mol. The van der Waals surface area contributed by atoms with Gasteiger partial charge >= 0.3 is 0 Å². The lowest BCUT2D eigenvalue weighted by molar-refractivity contribution is 0.166. The number of hydrogen-bond acceptors (Lipinski definition) is 6. The van der Waals surface area contributed by atoms with E-state index in [4.69, 9.17) is 0 Å². The highest BCUT2D eigenvalue weighted by atomic mass is 16.3. The average Bonchev–Trinajstić information content (AvgIpc) is 2.48. The SMILES string of the molecule is CN1CCCNCCNC(CCO)CCN(CCO)CC1. The summed E-state index contributed by atoms with van der Waals surface area (Å²) in [6.45, 7) is 8.28. The normalized spacial score (nSPS) is 25.6. The van der Waals surface area contributed by atoms with Crippen molar-refractivity contribution in [3.05, 3.63) is 0 Å². The maximum absolute atomic E-state index is 9.21. The van der Waals surface area contributed by atoms with Gasteiger partial charge in [-0.05, 0) is 45.9 Å². The van der Waals surface area contributed by atoms with Gasteiger partial charge in [-0.15, -0.1) is 0 Å². The summed E-state index contributed by atoms with van der Waals surface area (Å²) in [5.41, 5.74) is 0. The van der Waals surface area contributed by atoms with Crippen LogP contribution in [0.2, 0.25) is 0 Å². The third-order valence-corrected chi connectivity index (χ3v) is 4.11. The highest BCUT2D eigenvalue weighted by Crippen LogP contribution is 2.02. The van der Waals surface area contributed by atoms with Crippen LogP contribution in [0.25, 0.3) is 0 Å². The van der Waals surface area contributed by atoms with Crippen LogP contribution in [0.1, 0.15) is 19.3 Å². The zero-order chi connectivity index (χ0) is 15.3. The van der Waals surface area contributed by atoms with E-state index in [0.717, 1.165) is 71.6 Å². The minimum atomic E-state index is 0.214. The Kier molecular flexibility index (Phi) is 11.0. The molecule has 6 heteroatoms. The first kappa shape index (κ1) is 18.8. The summed E-state index contributed by atoms with van der Waals surface area (Å²) < 4.78 is 0. The zero-order valence-corrected chi connectivity index (χ0v) is 13.6. The molecule has 0 amide bonds. The van der Waals surface area contributed by atoms with Gasteiger partial charge in [-0.3, -0.25) is 4.90 Å². The van der Waals surface area contributed by atoms with Gasteiger partial charge in [-0.25, -0.2) is 0 Å². The van der Waals surface area contributed by atoms with Crippen molar-refractivity contribution < 1.29 is 10.2 Å². The summed E-state index contributed by atoms with van der Waals surface area (Å²) in [5, 5.41) is 25.4. The lowest BCUT2D eigenvalue weighted by Gasteiger charge is -2.27. The number of rotatable bonds is 4. The number of nitrogens with one attached hydrogen (secondary N) is 2.